The van der Waals surface area contributed by atoms with Gasteiger partial charge in [0.25, 0.3) is 0 Å². The standard InChI is InChI=1S/C17H20ClN3O4/c1-10-7-12(20-25-10)14-5-4-6-21(14)17(22)19-13-8-11(18)15(23-2)9-16(13)24-3/h7-9,14H,4-6H2,1-3H3,(H,19,22)/t14-/m1/s1. The van der Waals surface area contributed by atoms with Crippen molar-refractivity contribution in [2.45, 2.75) is 25.8 Å². The van der Waals surface area contributed by atoms with Crippen molar-refractivity contribution in [1.29, 1.82) is 0 Å². The number of nitrogens with zero attached hydrogens (tertiary/aromatic N) is 2. The monoisotopic (exact) mass is 365 g/mol. The minimum atomic E-state index is -0.234. The third-order valence-corrected chi connectivity index (χ3v) is 4.51. The van der Waals surface area contributed by atoms with Gasteiger partial charge in [-0.1, -0.05) is 16.8 Å². The van der Waals surface area contributed by atoms with Crippen molar-refractivity contribution in [3.8, 4) is 11.5 Å². The number of halogens is 1. The summed E-state index contributed by atoms with van der Waals surface area (Å²) in [6.45, 7) is 2.48. The van der Waals surface area contributed by atoms with Gasteiger partial charge in [-0.3, -0.25) is 0 Å². The van der Waals surface area contributed by atoms with Crippen LogP contribution in [0.3, 0.4) is 0 Å². The number of hydrogen-bond acceptors (Lipinski definition) is 5. The molecule has 1 N–H and O–H groups in total. The van der Waals surface area contributed by atoms with Crippen LogP contribution in [0, 0.1) is 6.92 Å². The summed E-state index contributed by atoms with van der Waals surface area (Å²) in [6, 6.07) is 4.78. The van der Waals surface area contributed by atoms with Gasteiger partial charge in [0.15, 0.2) is 0 Å². The van der Waals surface area contributed by atoms with Crippen LogP contribution < -0.4 is 14.8 Å². The molecule has 1 aromatic heterocycles. The van der Waals surface area contributed by atoms with Crippen molar-refractivity contribution in [2.24, 2.45) is 0 Å². The number of aryl methyl sites for hydroxylation is 1. The number of carbonyl (C=O) groups excluding carboxylic acids is 1. The minimum absolute atomic E-state index is 0.0998. The van der Waals surface area contributed by atoms with E-state index < -0.39 is 0 Å². The summed E-state index contributed by atoms with van der Waals surface area (Å²) in [5, 5.41) is 7.31. The summed E-state index contributed by atoms with van der Waals surface area (Å²) in [4.78, 5) is 14.5. The van der Waals surface area contributed by atoms with Gasteiger partial charge in [-0.2, -0.15) is 0 Å². The van der Waals surface area contributed by atoms with E-state index in [2.05, 4.69) is 10.5 Å². The number of amides is 2. The summed E-state index contributed by atoms with van der Waals surface area (Å²) < 4.78 is 15.6. The Kier molecular flexibility index (Phi) is 5.03. The number of urea groups is 1. The second-order valence-corrected chi connectivity index (χ2v) is 6.24. The lowest BCUT2D eigenvalue weighted by Gasteiger charge is -2.24. The van der Waals surface area contributed by atoms with Gasteiger partial charge in [0.05, 0.1) is 31.0 Å². The highest BCUT2D eigenvalue weighted by Gasteiger charge is 2.32. The van der Waals surface area contributed by atoms with Crippen molar-refractivity contribution in [3.63, 3.8) is 0 Å². The maximum atomic E-state index is 12.8. The number of hydrogen-bond donors (Lipinski definition) is 1. The number of benzene rings is 1. The molecule has 1 aliphatic heterocycles. The second kappa shape index (κ2) is 7.23. The summed E-state index contributed by atoms with van der Waals surface area (Å²) in [5.74, 6) is 1.68. The van der Waals surface area contributed by atoms with E-state index >= 15 is 0 Å². The Morgan fingerprint density at radius 3 is 2.72 bits per heavy atom. The molecule has 0 radical (unpaired) electrons. The van der Waals surface area contributed by atoms with Gasteiger partial charge in [-0.25, -0.2) is 4.79 Å². The molecule has 1 saturated heterocycles. The zero-order valence-corrected chi connectivity index (χ0v) is 15.1. The first kappa shape index (κ1) is 17.4. The molecule has 1 fully saturated rings. The van der Waals surface area contributed by atoms with Gasteiger partial charge >= 0.3 is 6.03 Å². The van der Waals surface area contributed by atoms with Crippen LogP contribution >= 0.6 is 11.6 Å². The molecule has 134 valence electrons. The van der Waals surface area contributed by atoms with Crippen LogP contribution in [0.4, 0.5) is 10.5 Å². The number of ether oxygens (including phenoxy) is 2. The quantitative estimate of drug-likeness (QED) is 0.885. The lowest BCUT2D eigenvalue weighted by atomic mass is 10.1. The third-order valence-electron chi connectivity index (χ3n) is 4.22. The fourth-order valence-electron chi connectivity index (χ4n) is 3.00. The highest BCUT2D eigenvalue weighted by Crippen LogP contribution is 2.37. The maximum Gasteiger partial charge on any atom is 0.322 e. The van der Waals surface area contributed by atoms with Crippen molar-refractivity contribution < 1.29 is 18.8 Å². The maximum absolute atomic E-state index is 12.8. The molecule has 2 heterocycles. The van der Waals surface area contributed by atoms with E-state index in [0.29, 0.717) is 28.8 Å². The van der Waals surface area contributed by atoms with E-state index in [4.69, 9.17) is 25.6 Å². The first-order valence-corrected chi connectivity index (χ1v) is 8.33. The Balaban J connectivity index is 1.81. The van der Waals surface area contributed by atoms with Gasteiger partial charge in [0, 0.05) is 18.7 Å². The van der Waals surface area contributed by atoms with Crippen LogP contribution in [0.25, 0.3) is 0 Å². The highest BCUT2D eigenvalue weighted by atomic mass is 35.5. The lowest BCUT2D eigenvalue weighted by molar-refractivity contribution is 0.204. The van der Waals surface area contributed by atoms with Crippen LogP contribution in [0.5, 0.6) is 11.5 Å². The normalized spacial score (nSPS) is 16.8. The average molecular weight is 366 g/mol. The van der Waals surface area contributed by atoms with Crippen molar-refractivity contribution in [1.82, 2.24) is 10.1 Å². The van der Waals surface area contributed by atoms with Crippen molar-refractivity contribution in [3.05, 3.63) is 34.7 Å². The summed E-state index contributed by atoms with van der Waals surface area (Å²) in [7, 11) is 3.04. The topological polar surface area (TPSA) is 76.8 Å². The van der Waals surface area contributed by atoms with Crippen LogP contribution in [0.1, 0.15) is 30.3 Å². The molecule has 2 amide bonds. The Morgan fingerprint density at radius 2 is 2.08 bits per heavy atom. The molecule has 1 aromatic carbocycles. The van der Waals surface area contributed by atoms with Gasteiger partial charge in [0.1, 0.15) is 23.0 Å². The molecule has 25 heavy (non-hydrogen) atoms. The number of aromatic nitrogens is 1. The zero-order valence-electron chi connectivity index (χ0n) is 14.3. The minimum Gasteiger partial charge on any atom is -0.495 e. The summed E-state index contributed by atoms with van der Waals surface area (Å²) in [5.41, 5.74) is 1.25. The van der Waals surface area contributed by atoms with Gasteiger partial charge in [-0.05, 0) is 25.8 Å². The summed E-state index contributed by atoms with van der Waals surface area (Å²) >= 11 is 6.16. The number of carbonyl (C=O) groups is 1. The molecule has 3 rings (SSSR count). The van der Waals surface area contributed by atoms with Gasteiger partial charge in [-0.15, -0.1) is 0 Å². The van der Waals surface area contributed by atoms with Crippen LogP contribution in [-0.4, -0.2) is 36.9 Å². The summed E-state index contributed by atoms with van der Waals surface area (Å²) in [6.07, 6.45) is 1.75. The Bertz CT molecular complexity index is 777. The predicted octanol–water partition coefficient (Wildman–Crippen LogP) is 4.02. The highest BCUT2D eigenvalue weighted by molar-refractivity contribution is 6.32. The molecule has 2 aromatic rings. The molecule has 0 bridgehead atoms. The molecular weight excluding hydrogens is 346 g/mol. The predicted molar refractivity (Wildman–Crippen MR) is 93.5 cm³/mol. The molecular formula is C17H20ClN3O4. The number of nitrogens with one attached hydrogen (secondary N) is 1. The molecule has 0 unspecified atom stereocenters. The molecule has 1 aliphatic rings. The van der Waals surface area contributed by atoms with Crippen LogP contribution in [0.15, 0.2) is 22.7 Å². The number of rotatable bonds is 4. The second-order valence-electron chi connectivity index (χ2n) is 5.83. The number of anilines is 1. The van der Waals surface area contributed by atoms with Gasteiger partial charge < -0.3 is 24.2 Å². The Morgan fingerprint density at radius 1 is 1.32 bits per heavy atom. The Labute approximate surface area is 150 Å². The van der Waals surface area contributed by atoms with E-state index in [-0.39, 0.29) is 12.1 Å². The first-order chi connectivity index (χ1) is 12.0. The zero-order chi connectivity index (χ0) is 18.0. The molecule has 7 nitrogen and oxygen atoms in total. The van der Waals surface area contributed by atoms with E-state index in [1.165, 1.54) is 14.2 Å². The van der Waals surface area contributed by atoms with Crippen LogP contribution in [0.2, 0.25) is 5.02 Å². The van der Waals surface area contributed by atoms with E-state index in [1.54, 1.807) is 17.0 Å². The molecule has 0 aliphatic carbocycles. The molecule has 8 heteroatoms. The smallest absolute Gasteiger partial charge is 0.322 e. The fourth-order valence-corrected chi connectivity index (χ4v) is 3.25. The van der Waals surface area contributed by atoms with E-state index in [1.807, 2.05) is 13.0 Å². The van der Waals surface area contributed by atoms with Crippen LogP contribution in [-0.2, 0) is 0 Å². The average Bonchev–Trinajstić information content (AvgIpc) is 3.23. The Hall–Kier alpha value is -2.41. The number of methoxy groups -OCH3 is 2. The van der Waals surface area contributed by atoms with Crippen molar-refractivity contribution in [2.75, 3.05) is 26.1 Å². The van der Waals surface area contributed by atoms with Crippen molar-refractivity contribution >= 4 is 23.3 Å². The van der Waals surface area contributed by atoms with E-state index in [9.17, 15) is 4.79 Å². The fraction of sp³-hybridized carbons (Fsp3) is 0.412. The third kappa shape index (κ3) is 3.51. The van der Waals surface area contributed by atoms with E-state index in [0.717, 1.165) is 24.3 Å². The first-order valence-electron chi connectivity index (χ1n) is 7.96. The van der Waals surface area contributed by atoms with Gasteiger partial charge in [0.2, 0.25) is 0 Å². The number of likely N-dealkylation sites (tertiary alicyclic amines) is 1. The molecule has 1 atom stereocenters. The largest absolute Gasteiger partial charge is 0.495 e. The lowest BCUT2D eigenvalue weighted by Crippen LogP contribution is -2.34. The SMILES string of the molecule is COc1cc(OC)c(NC(=O)N2CCC[C@@H]2c2cc(C)on2)cc1Cl. The molecule has 0 spiro atoms. The molecule has 0 saturated carbocycles.